The average molecular weight is 345 g/mol. The lowest BCUT2D eigenvalue weighted by atomic mass is 10.0. The average Bonchev–Trinajstić information content (AvgIpc) is 3.06. The molecule has 1 fully saturated rings. The molecule has 0 radical (unpaired) electrons. The summed E-state index contributed by atoms with van der Waals surface area (Å²) in [6.07, 6.45) is 2.02. The van der Waals surface area contributed by atoms with E-state index in [-0.39, 0.29) is 11.9 Å². The van der Waals surface area contributed by atoms with Crippen LogP contribution in [0.2, 0.25) is 0 Å². The van der Waals surface area contributed by atoms with E-state index in [0.717, 1.165) is 12.5 Å². The van der Waals surface area contributed by atoms with Gasteiger partial charge in [0.05, 0.1) is 12.6 Å². The third-order valence-electron chi connectivity index (χ3n) is 4.47. The Balaban J connectivity index is 1.51. The zero-order valence-electron chi connectivity index (χ0n) is 14.0. The van der Waals surface area contributed by atoms with Crippen molar-refractivity contribution < 1.29 is 18.3 Å². The SMILES string of the molecule is O=C(CCCc1ccc(F)cc1F)N1COC[C@H]1Cc1ccccc1. The first-order chi connectivity index (χ1) is 12.1. The van der Waals surface area contributed by atoms with E-state index in [1.165, 1.54) is 17.7 Å². The van der Waals surface area contributed by atoms with Gasteiger partial charge in [-0.15, -0.1) is 0 Å². The molecule has 1 aliphatic rings. The monoisotopic (exact) mass is 345 g/mol. The van der Waals surface area contributed by atoms with Crippen LogP contribution in [0.25, 0.3) is 0 Å². The number of rotatable bonds is 6. The van der Waals surface area contributed by atoms with Crippen LogP contribution in [0.5, 0.6) is 0 Å². The number of ether oxygens (including phenoxy) is 1. The first-order valence-electron chi connectivity index (χ1n) is 8.48. The normalized spacial score (nSPS) is 17.0. The largest absolute Gasteiger partial charge is 0.359 e. The second-order valence-electron chi connectivity index (χ2n) is 6.30. The van der Waals surface area contributed by atoms with E-state index in [4.69, 9.17) is 4.74 Å². The van der Waals surface area contributed by atoms with Gasteiger partial charge in [0.25, 0.3) is 0 Å². The molecule has 1 aliphatic heterocycles. The van der Waals surface area contributed by atoms with Gasteiger partial charge in [0.15, 0.2) is 0 Å². The third kappa shape index (κ3) is 4.63. The number of hydrogen-bond donors (Lipinski definition) is 0. The first kappa shape index (κ1) is 17.5. The van der Waals surface area contributed by atoms with Crippen molar-refractivity contribution in [1.29, 1.82) is 0 Å². The molecule has 1 atom stereocenters. The van der Waals surface area contributed by atoms with Gasteiger partial charge in [-0.25, -0.2) is 8.78 Å². The minimum atomic E-state index is -0.588. The van der Waals surface area contributed by atoms with Crippen LogP contribution in [-0.2, 0) is 22.4 Å². The van der Waals surface area contributed by atoms with Gasteiger partial charge >= 0.3 is 0 Å². The fourth-order valence-electron chi connectivity index (χ4n) is 3.11. The zero-order valence-corrected chi connectivity index (χ0v) is 14.0. The molecule has 3 nitrogen and oxygen atoms in total. The molecule has 1 amide bonds. The van der Waals surface area contributed by atoms with E-state index in [1.54, 1.807) is 4.90 Å². The van der Waals surface area contributed by atoms with E-state index >= 15 is 0 Å². The Labute approximate surface area is 146 Å². The molecule has 0 aliphatic carbocycles. The molecule has 132 valence electrons. The van der Waals surface area contributed by atoms with Gasteiger partial charge in [-0.05, 0) is 36.5 Å². The maximum atomic E-state index is 13.6. The summed E-state index contributed by atoms with van der Waals surface area (Å²) in [5.41, 5.74) is 1.61. The van der Waals surface area contributed by atoms with E-state index < -0.39 is 11.6 Å². The number of aryl methyl sites for hydroxylation is 1. The van der Waals surface area contributed by atoms with E-state index in [2.05, 4.69) is 0 Å². The summed E-state index contributed by atoms with van der Waals surface area (Å²) in [4.78, 5) is 14.2. The summed E-state index contributed by atoms with van der Waals surface area (Å²) >= 11 is 0. The molecule has 0 N–H and O–H groups in total. The lowest BCUT2D eigenvalue weighted by Gasteiger charge is -2.22. The predicted octanol–water partition coefficient (Wildman–Crippen LogP) is 3.72. The van der Waals surface area contributed by atoms with E-state index in [1.807, 2.05) is 30.3 Å². The van der Waals surface area contributed by atoms with Gasteiger partial charge in [-0.3, -0.25) is 4.79 Å². The fraction of sp³-hybridized carbons (Fsp3) is 0.350. The molecule has 0 aromatic heterocycles. The van der Waals surface area contributed by atoms with Crippen molar-refractivity contribution in [2.75, 3.05) is 13.3 Å². The Hall–Kier alpha value is -2.27. The predicted molar refractivity (Wildman–Crippen MR) is 90.9 cm³/mol. The summed E-state index contributed by atoms with van der Waals surface area (Å²) < 4.78 is 32.0. The van der Waals surface area contributed by atoms with Crippen molar-refractivity contribution in [3.8, 4) is 0 Å². The maximum Gasteiger partial charge on any atom is 0.224 e. The van der Waals surface area contributed by atoms with Crippen LogP contribution in [0.15, 0.2) is 48.5 Å². The van der Waals surface area contributed by atoms with Crippen LogP contribution in [0, 0.1) is 11.6 Å². The van der Waals surface area contributed by atoms with Crippen LogP contribution in [-0.4, -0.2) is 30.2 Å². The summed E-state index contributed by atoms with van der Waals surface area (Å²) in [7, 11) is 0. The van der Waals surface area contributed by atoms with Gasteiger partial charge in [0, 0.05) is 12.5 Å². The van der Waals surface area contributed by atoms with Crippen molar-refractivity contribution in [1.82, 2.24) is 4.90 Å². The highest BCUT2D eigenvalue weighted by Gasteiger charge is 2.29. The minimum absolute atomic E-state index is 0.0148. The second-order valence-corrected chi connectivity index (χ2v) is 6.30. The summed E-state index contributed by atoms with van der Waals surface area (Å²) in [6.45, 7) is 0.842. The van der Waals surface area contributed by atoms with Crippen LogP contribution in [0.1, 0.15) is 24.0 Å². The number of nitrogens with zero attached hydrogens (tertiary/aromatic N) is 1. The topological polar surface area (TPSA) is 29.5 Å². The van der Waals surface area contributed by atoms with Crippen LogP contribution in [0.3, 0.4) is 0 Å². The molecule has 1 heterocycles. The van der Waals surface area contributed by atoms with Crippen molar-refractivity contribution >= 4 is 5.91 Å². The molecule has 3 rings (SSSR count). The summed E-state index contributed by atoms with van der Waals surface area (Å²) in [5, 5.41) is 0. The Bertz CT molecular complexity index is 721. The number of amides is 1. The van der Waals surface area contributed by atoms with Crippen molar-refractivity contribution in [3.05, 3.63) is 71.3 Å². The van der Waals surface area contributed by atoms with Crippen LogP contribution < -0.4 is 0 Å². The van der Waals surface area contributed by atoms with Crippen molar-refractivity contribution in [2.24, 2.45) is 0 Å². The lowest BCUT2D eigenvalue weighted by molar-refractivity contribution is -0.133. The number of halogens is 2. The van der Waals surface area contributed by atoms with Crippen molar-refractivity contribution in [2.45, 2.75) is 31.7 Å². The Morgan fingerprint density at radius 2 is 1.96 bits per heavy atom. The zero-order chi connectivity index (χ0) is 17.6. The number of hydrogen-bond acceptors (Lipinski definition) is 2. The van der Waals surface area contributed by atoms with Crippen molar-refractivity contribution in [3.63, 3.8) is 0 Å². The fourth-order valence-corrected chi connectivity index (χ4v) is 3.11. The number of carbonyl (C=O) groups excluding carboxylic acids is 1. The van der Waals surface area contributed by atoms with Gasteiger partial charge in [-0.2, -0.15) is 0 Å². The Morgan fingerprint density at radius 3 is 2.72 bits per heavy atom. The standard InChI is InChI=1S/C20H21F2NO2/c21-17-10-9-16(19(22)12-17)7-4-8-20(24)23-14-25-13-18(23)11-15-5-2-1-3-6-15/h1-3,5-6,9-10,12,18H,4,7-8,11,13-14H2/t18-/m1/s1. The number of carbonyl (C=O) groups is 1. The molecule has 5 heteroatoms. The molecule has 0 saturated carbocycles. The Kier molecular flexibility index (Phi) is 5.76. The molecule has 2 aromatic carbocycles. The minimum Gasteiger partial charge on any atom is -0.359 e. The molecule has 1 saturated heterocycles. The smallest absolute Gasteiger partial charge is 0.224 e. The van der Waals surface area contributed by atoms with Crippen LogP contribution in [0.4, 0.5) is 8.78 Å². The van der Waals surface area contributed by atoms with Crippen LogP contribution >= 0.6 is 0 Å². The highest BCUT2D eigenvalue weighted by Crippen LogP contribution is 2.18. The quantitative estimate of drug-likeness (QED) is 0.799. The summed E-state index contributed by atoms with van der Waals surface area (Å²) in [5.74, 6) is -1.13. The summed E-state index contributed by atoms with van der Waals surface area (Å²) in [6, 6.07) is 13.6. The van der Waals surface area contributed by atoms with E-state index in [9.17, 15) is 13.6 Å². The van der Waals surface area contributed by atoms with Gasteiger partial charge in [-0.1, -0.05) is 36.4 Å². The molecule has 2 aromatic rings. The number of benzene rings is 2. The first-order valence-corrected chi connectivity index (χ1v) is 8.48. The second kappa shape index (κ2) is 8.21. The molecular formula is C20H21F2NO2. The third-order valence-corrected chi connectivity index (χ3v) is 4.47. The molecule has 0 spiro atoms. The van der Waals surface area contributed by atoms with E-state index in [0.29, 0.717) is 38.2 Å². The highest BCUT2D eigenvalue weighted by molar-refractivity contribution is 5.76. The van der Waals surface area contributed by atoms with Gasteiger partial charge < -0.3 is 9.64 Å². The maximum absolute atomic E-state index is 13.6. The molecule has 0 bridgehead atoms. The highest BCUT2D eigenvalue weighted by atomic mass is 19.1. The Morgan fingerprint density at radius 1 is 1.16 bits per heavy atom. The molecule has 0 unspecified atom stereocenters. The van der Waals surface area contributed by atoms with Gasteiger partial charge in [0.2, 0.25) is 5.91 Å². The lowest BCUT2D eigenvalue weighted by Crippen LogP contribution is -2.37. The van der Waals surface area contributed by atoms with Gasteiger partial charge in [0.1, 0.15) is 18.4 Å². The molecular weight excluding hydrogens is 324 g/mol. The molecule has 25 heavy (non-hydrogen) atoms.